The lowest BCUT2D eigenvalue weighted by atomic mass is 9.98. The van der Waals surface area contributed by atoms with Gasteiger partial charge >= 0.3 is 0 Å². The lowest BCUT2D eigenvalue weighted by molar-refractivity contribution is 0.456. The van der Waals surface area contributed by atoms with Crippen molar-refractivity contribution in [2.45, 2.75) is 39.7 Å². The molecule has 1 N–H and O–H groups in total. The van der Waals surface area contributed by atoms with E-state index in [-0.39, 0.29) is 11.6 Å². The first-order valence-electron chi connectivity index (χ1n) is 6.19. The smallest absolute Gasteiger partial charge is 0.133 e. The van der Waals surface area contributed by atoms with Gasteiger partial charge in [0.25, 0.3) is 0 Å². The van der Waals surface area contributed by atoms with Gasteiger partial charge < -0.3 is 5.32 Å². The summed E-state index contributed by atoms with van der Waals surface area (Å²) in [5.41, 5.74) is 0.602. The highest BCUT2D eigenvalue weighted by Gasteiger charge is 2.20. The summed E-state index contributed by atoms with van der Waals surface area (Å²) in [4.78, 5) is 0. The van der Waals surface area contributed by atoms with Crippen LogP contribution in [-0.2, 0) is 0 Å². The highest BCUT2D eigenvalue weighted by molar-refractivity contribution is 5.29. The van der Waals surface area contributed by atoms with Crippen LogP contribution < -0.4 is 5.32 Å². The molecule has 3 heteroatoms. The summed E-state index contributed by atoms with van der Waals surface area (Å²) in [6.07, 6.45) is 1.23. The van der Waals surface area contributed by atoms with Gasteiger partial charge in [-0.25, -0.2) is 8.78 Å². The lowest BCUT2D eigenvalue weighted by Gasteiger charge is -2.19. The zero-order valence-corrected chi connectivity index (χ0v) is 11.1. The van der Waals surface area contributed by atoms with Crippen molar-refractivity contribution in [3.63, 3.8) is 0 Å². The maximum Gasteiger partial charge on any atom is 0.133 e. The van der Waals surface area contributed by atoms with E-state index >= 15 is 0 Å². The molecule has 0 aromatic heterocycles. The standard InChI is InChI=1S/C15H19F2N/c1-4-6-7-8-13(18-5-2)14-12(16)10-9-11(3)15(14)17/h9-10,13,18H,5,7-8H2,1-3H3. The third-order valence-electron chi connectivity index (χ3n) is 2.85. The number of benzene rings is 1. The van der Waals surface area contributed by atoms with Crippen LogP contribution in [0.25, 0.3) is 0 Å². The molecule has 1 unspecified atom stereocenters. The molecule has 0 spiro atoms. The Hall–Kier alpha value is -1.40. The van der Waals surface area contributed by atoms with Crippen LogP contribution in [0, 0.1) is 30.4 Å². The molecule has 0 aliphatic heterocycles. The van der Waals surface area contributed by atoms with Crippen molar-refractivity contribution in [1.82, 2.24) is 5.32 Å². The predicted octanol–water partition coefficient (Wildman–Crippen LogP) is 3.73. The topological polar surface area (TPSA) is 12.0 Å². The van der Waals surface area contributed by atoms with E-state index in [1.54, 1.807) is 13.8 Å². The van der Waals surface area contributed by atoms with Crippen molar-refractivity contribution >= 4 is 0 Å². The molecule has 1 rings (SSSR count). The molecule has 0 saturated carbocycles. The summed E-state index contributed by atoms with van der Waals surface area (Å²) in [5.74, 6) is 4.77. The van der Waals surface area contributed by atoms with Crippen LogP contribution in [0.4, 0.5) is 8.78 Å². The fourth-order valence-electron chi connectivity index (χ4n) is 1.93. The number of rotatable bonds is 5. The van der Waals surface area contributed by atoms with E-state index in [0.717, 1.165) is 0 Å². The fraction of sp³-hybridized carbons (Fsp3) is 0.467. The van der Waals surface area contributed by atoms with E-state index in [4.69, 9.17) is 0 Å². The zero-order chi connectivity index (χ0) is 13.5. The summed E-state index contributed by atoms with van der Waals surface area (Å²) in [5, 5.41) is 3.12. The average Bonchev–Trinajstić information content (AvgIpc) is 2.35. The van der Waals surface area contributed by atoms with Gasteiger partial charge in [0.15, 0.2) is 0 Å². The first-order valence-corrected chi connectivity index (χ1v) is 6.19. The summed E-state index contributed by atoms with van der Waals surface area (Å²) >= 11 is 0. The van der Waals surface area contributed by atoms with Crippen LogP contribution in [0.5, 0.6) is 0 Å². The molecule has 1 nitrogen and oxygen atoms in total. The first-order chi connectivity index (χ1) is 8.61. The molecule has 0 bridgehead atoms. The SMILES string of the molecule is CC#CCCC(NCC)c1c(F)ccc(C)c1F. The van der Waals surface area contributed by atoms with Crippen LogP contribution in [-0.4, -0.2) is 6.54 Å². The van der Waals surface area contributed by atoms with Gasteiger partial charge in [-0.1, -0.05) is 13.0 Å². The number of nitrogens with one attached hydrogen (secondary N) is 1. The van der Waals surface area contributed by atoms with Crippen LogP contribution in [0.15, 0.2) is 12.1 Å². The van der Waals surface area contributed by atoms with E-state index < -0.39 is 11.6 Å². The van der Waals surface area contributed by atoms with Crippen LogP contribution >= 0.6 is 0 Å². The number of aryl methyl sites for hydroxylation is 1. The van der Waals surface area contributed by atoms with Gasteiger partial charge in [-0.2, -0.15) is 0 Å². The van der Waals surface area contributed by atoms with Crippen molar-refractivity contribution in [3.05, 3.63) is 34.9 Å². The van der Waals surface area contributed by atoms with Gasteiger partial charge in [0.1, 0.15) is 11.6 Å². The minimum atomic E-state index is -0.492. The van der Waals surface area contributed by atoms with Crippen LogP contribution in [0.3, 0.4) is 0 Å². The van der Waals surface area contributed by atoms with Gasteiger partial charge in [-0.05, 0) is 38.4 Å². The van der Waals surface area contributed by atoms with Crippen molar-refractivity contribution in [2.24, 2.45) is 0 Å². The number of hydrogen-bond donors (Lipinski definition) is 1. The van der Waals surface area contributed by atoms with Crippen LogP contribution in [0.2, 0.25) is 0 Å². The number of hydrogen-bond acceptors (Lipinski definition) is 1. The molecule has 0 aliphatic rings. The zero-order valence-electron chi connectivity index (χ0n) is 11.1. The van der Waals surface area contributed by atoms with Crippen LogP contribution in [0.1, 0.15) is 43.9 Å². The van der Waals surface area contributed by atoms with Gasteiger partial charge in [0.2, 0.25) is 0 Å². The highest BCUT2D eigenvalue weighted by Crippen LogP contribution is 2.26. The molecule has 1 aromatic rings. The number of halogens is 2. The maximum absolute atomic E-state index is 14.0. The summed E-state index contributed by atoms with van der Waals surface area (Å²) in [7, 11) is 0. The first kappa shape index (κ1) is 14.7. The van der Waals surface area contributed by atoms with Gasteiger partial charge in [0.05, 0.1) is 0 Å². The maximum atomic E-state index is 14.0. The van der Waals surface area contributed by atoms with E-state index in [1.807, 2.05) is 6.92 Å². The van der Waals surface area contributed by atoms with Crippen molar-refractivity contribution in [2.75, 3.05) is 6.54 Å². The fourth-order valence-corrected chi connectivity index (χ4v) is 1.93. The summed E-state index contributed by atoms with van der Waals surface area (Å²) in [6.45, 7) is 5.99. The molecule has 0 saturated heterocycles. The van der Waals surface area contributed by atoms with E-state index in [2.05, 4.69) is 17.2 Å². The second-order valence-corrected chi connectivity index (χ2v) is 4.17. The Kier molecular flexibility index (Phi) is 5.80. The Bertz CT molecular complexity index is 458. The molecule has 98 valence electrons. The van der Waals surface area contributed by atoms with Gasteiger partial charge in [-0.3, -0.25) is 0 Å². The Morgan fingerprint density at radius 3 is 2.67 bits per heavy atom. The van der Waals surface area contributed by atoms with Gasteiger partial charge in [0, 0.05) is 18.0 Å². The molecule has 0 aliphatic carbocycles. The monoisotopic (exact) mass is 251 g/mol. The molecule has 18 heavy (non-hydrogen) atoms. The normalized spacial score (nSPS) is 11.8. The Balaban J connectivity index is 3.03. The highest BCUT2D eigenvalue weighted by atomic mass is 19.1. The minimum absolute atomic E-state index is 0.134. The van der Waals surface area contributed by atoms with Crippen molar-refractivity contribution in [1.29, 1.82) is 0 Å². The average molecular weight is 251 g/mol. The molecular formula is C15H19F2N. The van der Waals surface area contributed by atoms with Crippen molar-refractivity contribution in [3.8, 4) is 11.8 Å². The molecular weight excluding hydrogens is 232 g/mol. The minimum Gasteiger partial charge on any atom is -0.310 e. The van der Waals surface area contributed by atoms with Crippen molar-refractivity contribution < 1.29 is 8.78 Å². The predicted molar refractivity (Wildman–Crippen MR) is 70.2 cm³/mol. The Morgan fingerprint density at radius 1 is 1.33 bits per heavy atom. The summed E-state index contributed by atoms with van der Waals surface area (Å²) < 4.78 is 27.8. The second-order valence-electron chi connectivity index (χ2n) is 4.17. The Labute approximate surface area is 108 Å². The summed E-state index contributed by atoms with van der Waals surface area (Å²) in [6, 6.07) is 2.46. The third kappa shape index (κ3) is 3.54. The largest absolute Gasteiger partial charge is 0.310 e. The van der Waals surface area contributed by atoms with E-state index in [1.165, 1.54) is 12.1 Å². The molecule has 0 radical (unpaired) electrons. The second kappa shape index (κ2) is 7.13. The quantitative estimate of drug-likeness (QED) is 0.786. The third-order valence-corrected chi connectivity index (χ3v) is 2.85. The molecule has 1 aromatic carbocycles. The van der Waals surface area contributed by atoms with Gasteiger partial charge in [-0.15, -0.1) is 11.8 Å². The van der Waals surface area contributed by atoms with E-state index in [9.17, 15) is 8.78 Å². The molecule has 0 fully saturated rings. The molecule has 0 amide bonds. The molecule has 1 atom stereocenters. The molecule has 0 heterocycles. The Morgan fingerprint density at radius 2 is 2.06 bits per heavy atom. The lowest BCUT2D eigenvalue weighted by Crippen LogP contribution is -2.23. The van der Waals surface area contributed by atoms with E-state index in [0.29, 0.717) is 24.9 Å².